The summed E-state index contributed by atoms with van der Waals surface area (Å²) < 4.78 is 6.03. The molecule has 0 unspecified atom stereocenters. The van der Waals surface area contributed by atoms with Crippen LogP contribution in [0.2, 0.25) is 0 Å². The van der Waals surface area contributed by atoms with Crippen LogP contribution in [0.25, 0.3) is 0 Å². The van der Waals surface area contributed by atoms with E-state index in [1.807, 2.05) is 13.8 Å². The zero-order valence-corrected chi connectivity index (χ0v) is 27.4. The molecular formula is C31H44N4O6S2. The normalized spacial score (nSPS) is 32.6. The molecule has 0 N–H and O–H groups in total. The van der Waals surface area contributed by atoms with Gasteiger partial charge in [0.15, 0.2) is 0 Å². The van der Waals surface area contributed by atoms with Gasteiger partial charge in [-0.15, -0.1) is 23.5 Å². The molecule has 0 aromatic heterocycles. The number of amides is 7. The van der Waals surface area contributed by atoms with E-state index in [1.165, 1.54) is 38.2 Å². The van der Waals surface area contributed by atoms with Crippen LogP contribution in [0, 0.1) is 16.7 Å². The minimum Gasteiger partial charge on any atom is -0.381 e. The molecule has 3 heterocycles. The summed E-state index contributed by atoms with van der Waals surface area (Å²) in [6.07, 6.45) is 7.06. The highest BCUT2D eigenvalue weighted by Gasteiger charge is 2.68. The molecule has 0 aromatic rings. The summed E-state index contributed by atoms with van der Waals surface area (Å²) in [7, 11) is 1.57. The Balaban J connectivity index is 1.21. The molecule has 0 atom stereocenters. The van der Waals surface area contributed by atoms with Gasteiger partial charge in [0.05, 0.1) is 17.5 Å². The van der Waals surface area contributed by atoms with E-state index in [-0.39, 0.29) is 40.3 Å². The largest absolute Gasteiger partial charge is 0.381 e. The Labute approximate surface area is 262 Å². The van der Waals surface area contributed by atoms with Crippen LogP contribution in [-0.4, -0.2) is 106 Å². The smallest absolute Gasteiger partial charge is 0.334 e. The van der Waals surface area contributed by atoms with Crippen molar-refractivity contribution < 1.29 is 28.7 Å². The second kappa shape index (κ2) is 11.4. The van der Waals surface area contributed by atoms with Gasteiger partial charge in [-0.05, 0) is 73.7 Å². The number of ether oxygens (including phenoxy) is 1. The Morgan fingerprint density at radius 3 is 2.05 bits per heavy atom. The molecule has 0 bridgehead atoms. The summed E-state index contributed by atoms with van der Waals surface area (Å²) in [5.41, 5.74) is -0.835. The maximum absolute atomic E-state index is 14.0. The lowest BCUT2D eigenvalue weighted by Crippen LogP contribution is -2.66. The molecule has 3 saturated heterocycles. The monoisotopic (exact) mass is 632 g/mol. The highest BCUT2D eigenvalue weighted by atomic mass is 32.2. The zero-order chi connectivity index (χ0) is 30.7. The SMILES string of the molecule is CCSC(SCC)=C1C(=O)N(CC2(C)CCC2)C(=O)N(C2CCC3(CC2)CC2(C3)C(=O)N(C)C(=O)N2CC2COC2)C1=O. The Hall–Kier alpha value is -2.05. The molecule has 0 aromatic carbocycles. The molecular weight excluding hydrogens is 588 g/mol. The molecule has 43 heavy (non-hydrogen) atoms. The van der Waals surface area contributed by atoms with Crippen LogP contribution < -0.4 is 0 Å². The molecule has 0 radical (unpaired) electrons. The first-order valence-electron chi connectivity index (χ1n) is 15.8. The van der Waals surface area contributed by atoms with E-state index >= 15 is 0 Å². The predicted molar refractivity (Wildman–Crippen MR) is 165 cm³/mol. The summed E-state index contributed by atoms with van der Waals surface area (Å²) in [4.78, 5) is 74.0. The van der Waals surface area contributed by atoms with Crippen molar-refractivity contribution >= 4 is 53.3 Å². The summed E-state index contributed by atoms with van der Waals surface area (Å²) in [6, 6.07) is -1.000. The van der Waals surface area contributed by atoms with Crippen molar-refractivity contribution in [1.82, 2.24) is 19.6 Å². The van der Waals surface area contributed by atoms with E-state index in [4.69, 9.17) is 4.74 Å². The van der Waals surface area contributed by atoms with E-state index in [0.29, 0.717) is 56.2 Å². The summed E-state index contributed by atoms with van der Waals surface area (Å²) >= 11 is 3.00. The molecule has 6 rings (SSSR count). The predicted octanol–water partition coefficient (Wildman–Crippen LogP) is 4.69. The number of carbonyl (C=O) groups excluding carboxylic acids is 5. The Kier molecular flexibility index (Phi) is 8.20. The summed E-state index contributed by atoms with van der Waals surface area (Å²) in [6.45, 7) is 8.24. The molecule has 12 heteroatoms. The third kappa shape index (κ3) is 5.03. The quantitative estimate of drug-likeness (QED) is 0.205. The number of thioether (sulfide) groups is 2. The van der Waals surface area contributed by atoms with E-state index < -0.39 is 23.4 Å². The number of barbiturate groups is 1. The molecule has 236 valence electrons. The maximum atomic E-state index is 14.0. The fraction of sp³-hybridized carbons (Fsp3) is 0.774. The van der Waals surface area contributed by atoms with Gasteiger partial charge in [-0.2, -0.15) is 0 Å². The van der Waals surface area contributed by atoms with Crippen LogP contribution in [-0.2, 0) is 19.1 Å². The Morgan fingerprint density at radius 2 is 1.53 bits per heavy atom. The number of hydrogen-bond donors (Lipinski definition) is 0. The first-order valence-corrected chi connectivity index (χ1v) is 17.8. The first kappa shape index (κ1) is 31.0. The van der Waals surface area contributed by atoms with Gasteiger partial charge in [-0.3, -0.25) is 29.1 Å². The highest BCUT2D eigenvalue weighted by Crippen LogP contribution is 2.61. The lowest BCUT2D eigenvalue weighted by Gasteiger charge is -2.59. The molecule has 6 fully saturated rings. The van der Waals surface area contributed by atoms with Crippen molar-refractivity contribution in [1.29, 1.82) is 0 Å². The standard InChI is InChI=1S/C31H44N4O6S2/c1-5-42-25(43-6-2)22-23(36)33(19-29(3)10-7-11-29)28(40)35(24(22)37)21-8-12-30(13-9-21)17-31(18-30)26(38)32(4)27(39)34(31)14-20-15-41-16-20/h20-21H,5-19H2,1-4H3. The Bertz CT molecular complexity index is 1240. The molecule has 3 saturated carbocycles. The van der Waals surface area contributed by atoms with Crippen LogP contribution in [0.4, 0.5) is 9.59 Å². The number of nitrogens with zero attached hydrogens (tertiary/aromatic N) is 4. The van der Waals surface area contributed by atoms with Gasteiger partial charge < -0.3 is 9.64 Å². The van der Waals surface area contributed by atoms with Crippen LogP contribution in [0.3, 0.4) is 0 Å². The number of hydrogen-bond acceptors (Lipinski definition) is 8. The third-order valence-corrected chi connectivity index (χ3v) is 13.0. The minimum atomic E-state index is -0.786. The molecule has 10 nitrogen and oxygen atoms in total. The fourth-order valence-electron chi connectivity index (χ4n) is 8.19. The second-order valence-corrected chi connectivity index (χ2v) is 16.6. The molecule has 2 spiro atoms. The van der Waals surface area contributed by atoms with Crippen molar-refractivity contribution in [3.05, 3.63) is 9.81 Å². The van der Waals surface area contributed by atoms with Crippen LogP contribution >= 0.6 is 23.5 Å². The average molecular weight is 633 g/mol. The fourth-order valence-corrected chi connectivity index (χ4v) is 10.4. The van der Waals surface area contributed by atoms with Gasteiger partial charge in [0.1, 0.15) is 11.1 Å². The number of imide groups is 3. The van der Waals surface area contributed by atoms with Gasteiger partial charge in [0.25, 0.3) is 17.7 Å². The molecule has 3 aliphatic heterocycles. The van der Waals surface area contributed by atoms with Gasteiger partial charge in [0, 0.05) is 32.1 Å². The number of likely N-dealkylation sites (N-methyl/N-ethyl adjacent to an activating group) is 1. The topological polar surface area (TPSA) is 108 Å². The molecule has 3 aliphatic carbocycles. The Morgan fingerprint density at radius 1 is 0.907 bits per heavy atom. The summed E-state index contributed by atoms with van der Waals surface area (Å²) in [5, 5.41) is 0. The highest BCUT2D eigenvalue weighted by molar-refractivity contribution is 8.22. The van der Waals surface area contributed by atoms with Crippen LogP contribution in [0.15, 0.2) is 9.81 Å². The van der Waals surface area contributed by atoms with Crippen LogP contribution in [0.1, 0.15) is 78.6 Å². The number of urea groups is 2. The second-order valence-electron chi connectivity index (χ2n) is 13.8. The first-order chi connectivity index (χ1) is 20.5. The van der Waals surface area contributed by atoms with Gasteiger partial charge in [0.2, 0.25) is 0 Å². The van der Waals surface area contributed by atoms with Gasteiger partial charge >= 0.3 is 12.1 Å². The van der Waals surface area contributed by atoms with Crippen LogP contribution in [0.5, 0.6) is 0 Å². The zero-order valence-electron chi connectivity index (χ0n) is 25.8. The van der Waals surface area contributed by atoms with E-state index in [1.54, 1.807) is 11.9 Å². The lowest BCUT2D eigenvalue weighted by molar-refractivity contribution is -0.153. The van der Waals surface area contributed by atoms with E-state index in [0.717, 1.165) is 43.6 Å². The maximum Gasteiger partial charge on any atom is 0.334 e. The van der Waals surface area contributed by atoms with E-state index in [9.17, 15) is 24.0 Å². The van der Waals surface area contributed by atoms with Crippen molar-refractivity contribution in [2.75, 3.05) is 44.9 Å². The van der Waals surface area contributed by atoms with Gasteiger partial charge in [-0.25, -0.2) is 9.59 Å². The number of carbonyl (C=O) groups is 5. The number of rotatable bonds is 9. The van der Waals surface area contributed by atoms with Crippen molar-refractivity contribution in [2.24, 2.45) is 16.7 Å². The van der Waals surface area contributed by atoms with E-state index in [2.05, 4.69) is 6.92 Å². The molecule has 6 aliphatic rings. The molecule has 7 amide bonds. The van der Waals surface area contributed by atoms with Crippen molar-refractivity contribution in [3.8, 4) is 0 Å². The van der Waals surface area contributed by atoms with Crippen molar-refractivity contribution in [2.45, 2.75) is 90.1 Å². The lowest BCUT2D eigenvalue weighted by atomic mass is 9.51. The third-order valence-electron chi connectivity index (χ3n) is 10.8. The average Bonchev–Trinajstić information content (AvgIpc) is 3.09. The summed E-state index contributed by atoms with van der Waals surface area (Å²) in [5.74, 6) is 0.699. The minimum absolute atomic E-state index is 0.0945. The van der Waals surface area contributed by atoms with Crippen molar-refractivity contribution in [3.63, 3.8) is 0 Å². The van der Waals surface area contributed by atoms with Gasteiger partial charge in [-0.1, -0.05) is 27.2 Å².